The molecule has 0 bridgehead atoms. The van der Waals surface area contributed by atoms with Crippen LogP contribution >= 0.6 is 0 Å². The average molecular weight is 344 g/mol. The van der Waals surface area contributed by atoms with E-state index in [1.54, 1.807) is 6.08 Å². The van der Waals surface area contributed by atoms with E-state index >= 15 is 0 Å². The molecular formula is C25H29N. The van der Waals surface area contributed by atoms with Gasteiger partial charge in [0.1, 0.15) is 0 Å². The summed E-state index contributed by atoms with van der Waals surface area (Å²) in [6.07, 6.45) is 9.86. The third-order valence-electron chi connectivity index (χ3n) is 5.14. The van der Waals surface area contributed by atoms with Crippen LogP contribution < -0.4 is 0 Å². The van der Waals surface area contributed by atoms with Crippen LogP contribution in [0.4, 0.5) is 0 Å². The molecule has 2 rings (SSSR count). The topological polar surface area (TPSA) is 12.9 Å². The highest BCUT2D eigenvalue weighted by atomic mass is 14.7. The zero-order chi connectivity index (χ0) is 19.2. The number of rotatable bonds is 7. The maximum Gasteiger partial charge on any atom is 0.0704 e. The fraction of sp³-hybridized carbons (Fsp3) is 0.240. The molecule has 0 aliphatic carbocycles. The smallest absolute Gasteiger partial charge is 0.0704 e. The average Bonchev–Trinajstić information content (AvgIpc) is 2.66. The second kappa shape index (κ2) is 8.62. The molecule has 2 aromatic rings. The van der Waals surface area contributed by atoms with Gasteiger partial charge in [-0.3, -0.25) is 4.98 Å². The van der Waals surface area contributed by atoms with Crippen LogP contribution in [0.5, 0.6) is 0 Å². The van der Waals surface area contributed by atoms with E-state index in [0.29, 0.717) is 5.92 Å². The summed E-state index contributed by atoms with van der Waals surface area (Å²) in [5, 5.41) is 0. The maximum absolute atomic E-state index is 4.56. The Kier molecular flexibility index (Phi) is 6.52. The highest BCUT2D eigenvalue weighted by Gasteiger charge is 2.29. The summed E-state index contributed by atoms with van der Waals surface area (Å²) in [5.74, 6) is 0.334. The summed E-state index contributed by atoms with van der Waals surface area (Å²) >= 11 is 0. The fourth-order valence-corrected chi connectivity index (χ4v) is 3.04. The molecule has 1 unspecified atom stereocenters. The molecule has 0 saturated heterocycles. The monoisotopic (exact) mass is 343 g/mol. The molecule has 1 atom stereocenters. The van der Waals surface area contributed by atoms with Gasteiger partial charge in [0.15, 0.2) is 0 Å². The van der Waals surface area contributed by atoms with Gasteiger partial charge >= 0.3 is 0 Å². The lowest BCUT2D eigenvalue weighted by Crippen LogP contribution is -2.26. The number of pyridine rings is 1. The Morgan fingerprint density at radius 3 is 2.46 bits per heavy atom. The van der Waals surface area contributed by atoms with Crippen molar-refractivity contribution >= 4 is 0 Å². The molecule has 0 radical (unpaired) electrons. The summed E-state index contributed by atoms with van der Waals surface area (Å²) in [7, 11) is 0. The lowest BCUT2D eigenvalue weighted by molar-refractivity contribution is 0.409. The number of nitrogens with zero attached hydrogens (tertiary/aromatic N) is 1. The Bertz CT molecular complexity index is 822. The number of aromatic nitrogens is 1. The van der Waals surface area contributed by atoms with Crippen LogP contribution in [0.25, 0.3) is 11.3 Å². The molecule has 1 nitrogen and oxygen atoms in total. The van der Waals surface area contributed by atoms with Gasteiger partial charge in [-0.1, -0.05) is 88.6 Å². The molecule has 134 valence electrons. The number of allylic oxidation sites excluding steroid dienone is 6. The molecule has 0 aliphatic heterocycles. The molecule has 1 aromatic heterocycles. The number of benzene rings is 1. The van der Waals surface area contributed by atoms with Gasteiger partial charge in [-0.15, -0.1) is 0 Å². The zero-order valence-corrected chi connectivity index (χ0v) is 16.4. The minimum absolute atomic E-state index is 0.0438. The van der Waals surface area contributed by atoms with Crippen LogP contribution in [-0.4, -0.2) is 4.98 Å². The highest BCUT2D eigenvalue weighted by molar-refractivity contribution is 5.65. The summed E-state index contributed by atoms with van der Waals surface area (Å²) < 4.78 is 0. The van der Waals surface area contributed by atoms with Crippen molar-refractivity contribution in [2.75, 3.05) is 0 Å². The van der Waals surface area contributed by atoms with Gasteiger partial charge in [0.25, 0.3) is 0 Å². The van der Waals surface area contributed by atoms with Crippen molar-refractivity contribution in [3.63, 3.8) is 0 Å². The van der Waals surface area contributed by atoms with E-state index in [-0.39, 0.29) is 5.41 Å². The Morgan fingerprint density at radius 1 is 1.12 bits per heavy atom. The van der Waals surface area contributed by atoms with E-state index in [1.165, 1.54) is 16.7 Å². The molecule has 26 heavy (non-hydrogen) atoms. The van der Waals surface area contributed by atoms with E-state index < -0.39 is 0 Å². The molecule has 0 N–H and O–H groups in total. The third kappa shape index (κ3) is 4.49. The van der Waals surface area contributed by atoms with Crippen molar-refractivity contribution in [2.45, 2.75) is 33.1 Å². The molecule has 0 fully saturated rings. The Balaban J connectivity index is 2.40. The van der Waals surface area contributed by atoms with E-state index in [9.17, 15) is 0 Å². The second-order valence-corrected chi connectivity index (χ2v) is 7.24. The minimum Gasteiger partial charge on any atom is -0.256 e. The quantitative estimate of drug-likeness (QED) is 0.498. The summed E-state index contributed by atoms with van der Waals surface area (Å²) in [5.41, 5.74) is 5.69. The van der Waals surface area contributed by atoms with Gasteiger partial charge in [-0.25, -0.2) is 0 Å². The fourth-order valence-electron chi connectivity index (χ4n) is 3.04. The second-order valence-electron chi connectivity index (χ2n) is 7.24. The minimum atomic E-state index is -0.0438. The Morgan fingerprint density at radius 2 is 1.81 bits per heavy atom. The van der Waals surface area contributed by atoms with Crippen LogP contribution in [0, 0.1) is 5.92 Å². The van der Waals surface area contributed by atoms with Gasteiger partial charge in [0, 0.05) is 11.8 Å². The van der Waals surface area contributed by atoms with E-state index in [4.69, 9.17) is 0 Å². The van der Waals surface area contributed by atoms with Gasteiger partial charge in [-0.2, -0.15) is 0 Å². The molecular weight excluding hydrogens is 314 g/mol. The Hall–Kier alpha value is -2.67. The van der Waals surface area contributed by atoms with Crippen molar-refractivity contribution in [3.05, 3.63) is 103 Å². The van der Waals surface area contributed by atoms with Crippen molar-refractivity contribution in [1.29, 1.82) is 0 Å². The van der Waals surface area contributed by atoms with Gasteiger partial charge in [-0.05, 0) is 47.1 Å². The molecule has 1 heteroatoms. The zero-order valence-electron chi connectivity index (χ0n) is 16.4. The first-order valence-corrected chi connectivity index (χ1v) is 9.05. The van der Waals surface area contributed by atoms with Crippen molar-refractivity contribution < 1.29 is 0 Å². The standard InChI is InChI=1S/C25H29N/c1-7-8-13-19(2)20(3)18-21(4)25(5,6)23-15-10-9-14-22(23)24-16-11-12-17-26-24/h7-18,21H,1-2H2,3-6H3/b13-8-,20-18+. The molecule has 0 saturated carbocycles. The normalized spacial score (nSPS) is 13.6. The first-order chi connectivity index (χ1) is 12.4. The molecule has 1 heterocycles. The van der Waals surface area contributed by atoms with Crippen molar-refractivity contribution in [1.82, 2.24) is 4.98 Å². The summed E-state index contributed by atoms with van der Waals surface area (Å²) in [6, 6.07) is 14.6. The predicted molar refractivity (Wildman–Crippen MR) is 114 cm³/mol. The van der Waals surface area contributed by atoms with Gasteiger partial charge < -0.3 is 0 Å². The first-order valence-electron chi connectivity index (χ1n) is 9.05. The SMILES string of the molecule is C=C/C=C\C(=C)/C(C)=C/C(C)C(C)(C)c1ccccc1-c1ccccn1. The van der Waals surface area contributed by atoms with E-state index in [0.717, 1.165) is 11.3 Å². The molecule has 0 spiro atoms. The molecule has 1 aromatic carbocycles. The largest absolute Gasteiger partial charge is 0.256 e. The highest BCUT2D eigenvalue weighted by Crippen LogP contribution is 2.38. The van der Waals surface area contributed by atoms with Crippen LogP contribution in [-0.2, 0) is 5.41 Å². The van der Waals surface area contributed by atoms with Gasteiger partial charge in [0.05, 0.1) is 5.69 Å². The van der Waals surface area contributed by atoms with Crippen LogP contribution in [0.3, 0.4) is 0 Å². The van der Waals surface area contributed by atoms with E-state index in [1.807, 2.05) is 30.5 Å². The third-order valence-corrected chi connectivity index (χ3v) is 5.14. The van der Waals surface area contributed by atoms with E-state index in [2.05, 4.69) is 82.2 Å². The summed E-state index contributed by atoms with van der Waals surface area (Å²) in [4.78, 5) is 4.56. The lowest BCUT2D eigenvalue weighted by atomic mass is 9.71. The predicted octanol–water partition coefficient (Wildman–Crippen LogP) is 6.91. The number of hydrogen-bond acceptors (Lipinski definition) is 1. The lowest BCUT2D eigenvalue weighted by Gasteiger charge is -2.33. The molecule has 0 amide bonds. The summed E-state index contributed by atoms with van der Waals surface area (Å²) in [6.45, 7) is 16.8. The van der Waals surface area contributed by atoms with Crippen LogP contribution in [0.1, 0.15) is 33.3 Å². The van der Waals surface area contributed by atoms with Crippen molar-refractivity contribution in [3.8, 4) is 11.3 Å². The van der Waals surface area contributed by atoms with Crippen molar-refractivity contribution in [2.24, 2.45) is 5.92 Å². The Labute approximate surface area is 158 Å². The molecule has 0 aliphatic rings. The maximum atomic E-state index is 4.56. The van der Waals surface area contributed by atoms with Crippen LogP contribution in [0.2, 0.25) is 0 Å². The van der Waals surface area contributed by atoms with Crippen LogP contribution in [0.15, 0.2) is 97.3 Å². The first kappa shape index (κ1) is 19.7. The van der Waals surface area contributed by atoms with Gasteiger partial charge in [0.2, 0.25) is 0 Å². The number of hydrogen-bond donors (Lipinski definition) is 0.